The number of likely N-dealkylation sites (tertiary alicyclic amines) is 1. The van der Waals surface area contributed by atoms with E-state index in [1.54, 1.807) is 31.4 Å². The fraction of sp³-hybridized carbons (Fsp3) is 0.448. The zero-order valence-electron chi connectivity index (χ0n) is 22.1. The second kappa shape index (κ2) is 11.6. The van der Waals surface area contributed by atoms with Gasteiger partial charge in [0.25, 0.3) is 0 Å². The van der Waals surface area contributed by atoms with Crippen LogP contribution in [0.1, 0.15) is 37.4 Å². The molecule has 1 saturated heterocycles. The number of hydrogen-bond acceptors (Lipinski definition) is 4. The molecular formula is C29H34F4N4O. The van der Waals surface area contributed by atoms with Gasteiger partial charge in [0.2, 0.25) is 0 Å². The number of anilines is 2. The van der Waals surface area contributed by atoms with Crippen LogP contribution in [-0.4, -0.2) is 61.6 Å². The molecule has 0 bridgehead atoms. The van der Waals surface area contributed by atoms with Crippen LogP contribution in [0.5, 0.6) is 5.75 Å². The molecule has 5 nitrogen and oxygen atoms in total. The van der Waals surface area contributed by atoms with E-state index in [0.29, 0.717) is 41.2 Å². The SMILES string of the molecule is COc1cc(C(C)C)ccc1NCC#Cc1cc2c(N[C@@H]3CCN(C)C[C@@H]3F)cccc2n1CC(F)(F)F. The Bertz CT molecular complexity index is 1320. The number of piperidine rings is 1. The Morgan fingerprint density at radius 3 is 2.61 bits per heavy atom. The first-order valence-electron chi connectivity index (χ1n) is 12.7. The molecule has 9 heteroatoms. The average molecular weight is 531 g/mol. The van der Waals surface area contributed by atoms with Crippen molar-refractivity contribution in [1.29, 1.82) is 0 Å². The number of hydrogen-bond donors (Lipinski definition) is 2. The number of halogens is 4. The maximum atomic E-state index is 14.7. The van der Waals surface area contributed by atoms with E-state index in [4.69, 9.17) is 4.74 Å². The number of alkyl halides is 4. The van der Waals surface area contributed by atoms with Gasteiger partial charge in [-0.25, -0.2) is 4.39 Å². The Kier molecular flexibility index (Phi) is 8.41. The highest BCUT2D eigenvalue weighted by atomic mass is 19.4. The van der Waals surface area contributed by atoms with Crippen LogP contribution in [0, 0.1) is 11.8 Å². The zero-order chi connectivity index (χ0) is 27.4. The number of ether oxygens (including phenoxy) is 1. The van der Waals surface area contributed by atoms with E-state index < -0.39 is 24.9 Å². The van der Waals surface area contributed by atoms with E-state index in [1.165, 1.54) is 4.57 Å². The molecule has 0 radical (unpaired) electrons. The summed E-state index contributed by atoms with van der Waals surface area (Å²) in [7, 11) is 3.46. The van der Waals surface area contributed by atoms with E-state index >= 15 is 0 Å². The Labute approximate surface area is 221 Å². The molecule has 0 spiro atoms. The largest absolute Gasteiger partial charge is 0.495 e. The fourth-order valence-electron chi connectivity index (χ4n) is 4.77. The minimum atomic E-state index is -4.42. The van der Waals surface area contributed by atoms with Crippen LogP contribution < -0.4 is 15.4 Å². The summed E-state index contributed by atoms with van der Waals surface area (Å²) in [4.78, 5) is 1.93. The smallest absolute Gasteiger partial charge is 0.406 e. The Balaban J connectivity index is 1.60. The van der Waals surface area contributed by atoms with Crippen molar-refractivity contribution < 1.29 is 22.3 Å². The number of nitrogens with zero attached hydrogens (tertiary/aromatic N) is 2. The zero-order valence-corrected chi connectivity index (χ0v) is 22.1. The molecule has 1 fully saturated rings. The Morgan fingerprint density at radius 1 is 1.13 bits per heavy atom. The van der Waals surface area contributed by atoms with E-state index in [-0.39, 0.29) is 12.2 Å². The van der Waals surface area contributed by atoms with Gasteiger partial charge in [-0.1, -0.05) is 31.9 Å². The molecule has 2 aromatic carbocycles. The van der Waals surface area contributed by atoms with Gasteiger partial charge in [0.1, 0.15) is 18.5 Å². The lowest BCUT2D eigenvalue weighted by Gasteiger charge is -2.33. The van der Waals surface area contributed by atoms with Crippen molar-refractivity contribution in [1.82, 2.24) is 9.47 Å². The van der Waals surface area contributed by atoms with Crippen molar-refractivity contribution in [3.63, 3.8) is 0 Å². The fourth-order valence-corrected chi connectivity index (χ4v) is 4.77. The third-order valence-electron chi connectivity index (χ3n) is 6.84. The number of methoxy groups -OCH3 is 1. The van der Waals surface area contributed by atoms with Crippen molar-refractivity contribution in [3.05, 3.63) is 53.7 Å². The average Bonchev–Trinajstić information content (AvgIpc) is 3.20. The molecule has 2 heterocycles. The van der Waals surface area contributed by atoms with Crippen LogP contribution in [0.25, 0.3) is 10.9 Å². The molecule has 204 valence electrons. The molecule has 2 atom stereocenters. The van der Waals surface area contributed by atoms with Crippen LogP contribution in [0.3, 0.4) is 0 Å². The first kappa shape index (κ1) is 27.6. The quantitative estimate of drug-likeness (QED) is 0.280. The summed E-state index contributed by atoms with van der Waals surface area (Å²) in [6.07, 6.45) is -4.89. The molecule has 0 unspecified atom stereocenters. The Hall–Kier alpha value is -3.38. The highest BCUT2D eigenvalue weighted by molar-refractivity contribution is 5.94. The van der Waals surface area contributed by atoms with Gasteiger partial charge in [0.05, 0.1) is 36.6 Å². The Morgan fingerprint density at radius 2 is 1.92 bits per heavy atom. The lowest BCUT2D eigenvalue weighted by molar-refractivity contribution is -0.140. The first-order valence-corrected chi connectivity index (χ1v) is 12.7. The van der Waals surface area contributed by atoms with Crippen LogP contribution in [-0.2, 0) is 6.54 Å². The molecule has 1 aliphatic rings. The number of benzene rings is 2. The third kappa shape index (κ3) is 6.54. The summed E-state index contributed by atoms with van der Waals surface area (Å²) >= 11 is 0. The highest BCUT2D eigenvalue weighted by Gasteiger charge is 2.31. The maximum Gasteiger partial charge on any atom is 0.406 e. The molecular weight excluding hydrogens is 496 g/mol. The summed E-state index contributed by atoms with van der Waals surface area (Å²) in [6, 6.07) is 12.2. The van der Waals surface area contributed by atoms with Gasteiger partial charge < -0.3 is 24.8 Å². The van der Waals surface area contributed by atoms with Gasteiger partial charge in [-0.15, -0.1) is 0 Å². The number of aromatic nitrogens is 1. The number of fused-ring (bicyclic) bond motifs is 1. The lowest BCUT2D eigenvalue weighted by atomic mass is 10.0. The molecule has 0 aliphatic carbocycles. The van der Waals surface area contributed by atoms with Gasteiger partial charge in [-0.3, -0.25) is 0 Å². The second-order valence-corrected chi connectivity index (χ2v) is 10.1. The summed E-state index contributed by atoms with van der Waals surface area (Å²) in [5.41, 5.74) is 3.15. The van der Waals surface area contributed by atoms with E-state index in [9.17, 15) is 17.6 Å². The summed E-state index contributed by atoms with van der Waals surface area (Å²) < 4.78 is 61.8. The summed E-state index contributed by atoms with van der Waals surface area (Å²) in [5.74, 6) is 6.89. The molecule has 1 aromatic heterocycles. The van der Waals surface area contributed by atoms with Crippen LogP contribution in [0.4, 0.5) is 28.9 Å². The van der Waals surface area contributed by atoms with Crippen molar-refractivity contribution >= 4 is 22.3 Å². The van der Waals surface area contributed by atoms with Gasteiger partial charge in [-0.05, 0) is 61.2 Å². The minimum Gasteiger partial charge on any atom is -0.495 e. The van der Waals surface area contributed by atoms with Crippen LogP contribution in [0.2, 0.25) is 0 Å². The van der Waals surface area contributed by atoms with Crippen LogP contribution >= 0.6 is 0 Å². The first-order chi connectivity index (χ1) is 18.1. The molecule has 4 rings (SSSR count). The summed E-state index contributed by atoms with van der Waals surface area (Å²) in [5, 5.41) is 7.02. The van der Waals surface area contributed by atoms with Gasteiger partial charge in [0, 0.05) is 24.2 Å². The molecule has 38 heavy (non-hydrogen) atoms. The topological polar surface area (TPSA) is 41.5 Å². The predicted molar refractivity (Wildman–Crippen MR) is 145 cm³/mol. The monoisotopic (exact) mass is 530 g/mol. The molecule has 0 saturated carbocycles. The van der Waals surface area contributed by atoms with Gasteiger partial charge >= 0.3 is 6.18 Å². The van der Waals surface area contributed by atoms with Crippen molar-refractivity contribution in [2.45, 2.75) is 51.1 Å². The molecule has 0 amide bonds. The van der Waals surface area contributed by atoms with Gasteiger partial charge in [0.15, 0.2) is 0 Å². The maximum absolute atomic E-state index is 14.7. The normalized spacial score (nSPS) is 18.3. The van der Waals surface area contributed by atoms with Crippen molar-refractivity contribution in [2.24, 2.45) is 0 Å². The third-order valence-corrected chi connectivity index (χ3v) is 6.84. The standard InChI is InChI=1S/C29H34F4N4O/c1-19(2)20-10-11-26(28(15-20)38-4)34-13-6-7-21-16-22-24(35-25-12-14-36(3)17-23(25)30)8-5-9-27(22)37(21)18-29(31,32)33/h5,8-11,15-16,19,23,25,34-35H,12-14,17-18H2,1-4H3/t23-,25+/m0/s1. The van der Waals surface area contributed by atoms with E-state index in [0.717, 1.165) is 17.8 Å². The van der Waals surface area contributed by atoms with Crippen molar-refractivity contribution in [2.75, 3.05) is 44.4 Å². The van der Waals surface area contributed by atoms with E-state index in [1.807, 2.05) is 30.1 Å². The number of nitrogens with one attached hydrogen (secondary N) is 2. The lowest BCUT2D eigenvalue weighted by Crippen LogP contribution is -2.46. The van der Waals surface area contributed by atoms with Crippen molar-refractivity contribution in [3.8, 4) is 17.6 Å². The van der Waals surface area contributed by atoms with Crippen LogP contribution in [0.15, 0.2) is 42.5 Å². The number of rotatable bonds is 7. The predicted octanol–water partition coefficient (Wildman–Crippen LogP) is 6.25. The molecule has 3 aromatic rings. The van der Waals surface area contributed by atoms with Gasteiger partial charge in [-0.2, -0.15) is 13.2 Å². The van der Waals surface area contributed by atoms with E-state index in [2.05, 4.69) is 36.3 Å². The second-order valence-electron chi connectivity index (χ2n) is 10.1. The minimum absolute atomic E-state index is 0.217. The highest BCUT2D eigenvalue weighted by Crippen LogP contribution is 2.32. The molecule has 1 aliphatic heterocycles. The summed E-state index contributed by atoms with van der Waals surface area (Å²) in [6.45, 7) is 4.31. The molecule has 2 N–H and O–H groups in total.